The summed E-state index contributed by atoms with van der Waals surface area (Å²) < 4.78 is 0. The van der Waals surface area contributed by atoms with Crippen LogP contribution in [0.1, 0.15) is 78.6 Å². The van der Waals surface area contributed by atoms with Crippen LogP contribution in [0, 0.1) is 16.7 Å². The van der Waals surface area contributed by atoms with Crippen LogP contribution in [-0.2, 0) is 0 Å². The Hall–Kier alpha value is -0.600. The predicted molar refractivity (Wildman–Crippen MR) is 97.2 cm³/mol. The summed E-state index contributed by atoms with van der Waals surface area (Å²) in [6, 6.07) is 0. The van der Waals surface area contributed by atoms with Gasteiger partial charge in [0.2, 0.25) is 0 Å². The summed E-state index contributed by atoms with van der Waals surface area (Å²) in [4.78, 5) is 0. The lowest BCUT2D eigenvalue weighted by Gasteiger charge is -2.51. The van der Waals surface area contributed by atoms with E-state index in [2.05, 4.69) is 33.9 Å². The number of fused-ring (bicyclic) bond motifs is 2. The van der Waals surface area contributed by atoms with E-state index < -0.39 is 11.2 Å². The van der Waals surface area contributed by atoms with Gasteiger partial charge in [-0.1, -0.05) is 52.2 Å². The van der Waals surface area contributed by atoms with Crippen molar-refractivity contribution in [1.82, 2.24) is 0 Å². The Morgan fingerprint density at radius 1 is 1.00 bits per heavy atom. The highest BCUT2D eigenvalue weighted by Gasteiger charge is 2.78. The molecule has 0 aromatic rings. The first-order chi connectivity index (χ1) is 10.7. The average molecular weight is 321 g/mol. The summed E-state index contributed by atoms with van der Waals surface area (Å²) >= 11 is 0. The summed E-state index contributed by atoms with van der Waals surface area (Å²) in [5, 5.41) is 23.2. The van der Waals surface area contributed by atoms with E-state index in [1.54, 1.807) is 6.08 Å². The van der Waals surface area contributed by atoms with Crippen molar-refractivity contribution in [3.05, 3.63) is 25.3 Å². The Kier molecular flexibility index (Phi) is 5.19. The zero-order valence-electron chi connectivity index (χ0n) is 15.4. The minimum absolute atomic E-state index is 0.0393. The number of unbranched alkanes of at least 4 members (excludes halogenated alkanes) is 4. The van der Waals surface area contributed by atoms with E-state index in [4.69, 9.17) is 0 Å². The molecule has 2 nitrogen and oxygen atoms in total. The molecule has 0 radical (unpaired) electrons. The lowest BCUT2D eigenvalue weighted by Crippen LogP contribution is -2.61. The van der Waals surface area contributed by atoms with Crippen LogP contribution in [0.15, 0.2) is 25.3 Å². The van der Waals surface area contributed by atoms with Crippen LogP contribution < -0.4 is 0 Å². The molecule has 4 atom stereocenters. The van der Waals surface area contributed by atoms with Crippen LogP contribution >= 0.6 is 0 Å². The molecule has 2 bridgehead atoms. The quantitative estimate of drug-likeness (QED) is 0.463. The molecule has 0 amide bonds. The van der Waals surface area contributed by atoms with Crippen molar-refractivity contribution < 1.29 is 10.2 Å². The first kappa shape index (κ1) is 18.7. The van der Waals surface area contributed by atoms with E-state index in [1.165, 1.54) is 12.8 Å². The van der Waals surface area contributed by atoms with Crippen molar-refractivity contribution in [3.8, 4) is 0 Å². The van der Waals surface area contributed by atoms with Gasteiger partial charge in [0, 0.05) is 5.41 Å². The van der Waals surface area contributed by atoms with Crippen molar-refractivity contribution in [2.45, 2.75) is 89.8 Å². The van der Waals surface area contributed by atoms with Crippen LogP contribution in [0.4, 0.5) is 0 Å². The maximum Gasteiger partial charge on any atom is 0.101 e. The molecule has 23 heavy (non-hydrogen) atoms. The third-order valence-electron chi connectivity index (χ3n) is 7.58. The molecule has 2 heteroatoms. The van der Waals surface area contributed by atoms with Gasteiger partial charge in [-0.25, -0.2) is 0 Å². The van der Waals surface area contributed by atoms with E-state index in [1.807, 2.05) is 6.08 Å². The molecular weight excluding hydrogens is 284 g/mol. The van der Waals surface area contributed by atoms with Gasteiger partial charge in [-0.15, -0.1) is 13.2 Å². The smallest absolute Gasteiger partial charge is 0.101 e. The van der Waals surface area contributed by atoms with Crippen molar-refractivity contribution in [2.75, 3.05) is 0 Å². The minimum atomic E-state index is -1.02. The van der Waals surface area contributed by atoms with E-state index in [9.17, 15) is 10.2 Å². The van der Waals surface area contributed by atoms with Crippen LogP contribution in [0.3, 0.4) is 0 Å². The van der Waals surface area contributed by atoms with Gasteiger partial charge in [-0.05, 0) is 49.9 Å². The zero-order chi connectivity index (χ0) is 17.4. The zero-order valence-corrected chi connectivity index (χ0v) is 15.4. The molecule has 0 spiro atoms. The van der Waals surface area contributed by atoms with Crippen molar-refractivity contribution in [2.24, 2.45) is 16.7 Å². The minimum Gasteiger partial charge on any atom is -0.386 e. The van der Waals surface area contributed by atoms with E-state index >= 15 is 0 Å². The van der Waals surface area contributed by atoms with Crippen LogP contribution in [0.25, 0.3) is 0 Å². The maximum absolute atomic E-state index is 11.7. The van der Waals surface area contributed by atoms with Crippen LogP contribution in [0.2, 0.25) is 0 Å². The molecule has 0 aromatic heterocycles. The van der Waals surface area contributed by atoms with E-state index in [-0.39, 0.29) is 16.7 Å². The fourth-order valence-corrected chi connectivity index (χ4v) is 5.89. The molecule has 2 N–H and O–H groups in total. The number of rotatable bonds is 9. The SMILES string of the molecule is C=CCCCCCC[C@]1(O)[C@@]2(C)CC[C@@H](C2(C)C)[C@@]1(O)CC=C. The summed E-state index contributed by atoms with van der Waals surface area (Å²) in [6.07, 6.45) is 12.5. The molecule has 0 aromatic carbocycles. The molecule has 2 rings (SSSR count). The average Bonchev–Trinajstić information content (AvgIpc) is 2.77. The van der Waals surface area contributed by atoms with E-state index in [0.29, 0.717) is 12.8 Å². The third-order valence-corrected chi connectivity index (χ3v) is 7.58. The Labute approximate surface area is 142 Å². The van der Waals surface area contributed by atoms with Crippen molar-refractivity contribution in [1.29, 1.82) is 0 Å². The number of hydrogen-bond acceptors (Lipinski definition) is 2. The maximum atomic E-state index is 11.7. The molecular formula is C21H36O2. The molecule has 2 fully saturated rings. The lowest BCUT2D eigenvalue weighted by molar-refractivity contribution is -0.209. The fourth-order valence-electron chi connectivity index (χ4n) is 5.89. The van der Waals surface area contributed by atoms with Gasteiger partial charge in [0.05, 0.1) is 5.60 Å². The van der Waals surface area contributed by atoms with Gasteiger partial charge in [-0.3, -0.25) is 0 Å². The van der Waals surface area contributed by atoms with Gasteiger partial charge >= 0.3 is 0 Å². The highest BCUT2D eigenvalue weighted by molar-refractivity contribution is 5.29. The van der Waals surface area contributed by atoms with Gasteiger partial charge in [-0.2, -0.15) is 0 Å². The third kappa shape index (κ3) is 2.44. The summed E-state index contributed by atoms with van der Waals surface area (Å²) in [6.45, 7) is 14.3. The molecule has 0 saturated heterocycles. The Morgan fingerprint density at radius 3 is 2.26 bits per heavy atom. The summed E-state index contributed by atoms with van der Waals surface area (Å²) in [7, 11) is 0. The molecule has 0 heterocycles. The highest BCUT2D eigenvalue weighted by Crippen LogP contribution is 2.74. The Morgan fingerprint density at radius 2 is 1.65 bits per heavy atom. The molecule has 2 aliphatic rings. The van der Waals surface area contributed by atoms with Crippen LogP contribution in [0.5, 0.6) is 0 Å². The topological polar surface area (TPSA) is 40.5 Å². The second-order valence-electron chi connectivity index (χ2n) is 8.66. The largest absolute Gasteiger partial charge is 0.386 e. The summed E-state index contributed by atoms with van der Waals surface area (Å²) in [5.74, 6) is 0.156. The van der Waals surface area contributed by atoms with E-state index in [0.717, 1.165) is 32.1 Å². The molecule has 132 valence electrons. The lowest BCUT2D eigenvalue weighted by atomic mass is 9.60. The van der Waals surface area contributed by atoms with Gasteiger partial charge < -0.3 is 10.2 Å². The predicted octanol–water partition coefficient (Wildman–Crippen LogP) is 5.01. The van der Waals surface area contributed by atoms with Crippen molar-refractivity contribution >= 4 is 0 Å². The number of aliphatic hydroxyl groups is 2. The highest BCUT2D eigenvalue weighted by atomic mass is 16.4. The van der Waals surface area contributed by atoms with Crippen molar-refractivity contribution in [3.63, 3.8) is 0 Å². The number of allylic oxidation sites excluding steroid dienone is 1. The van der Waals surface area contributed by atoms with Gasteiger partial charge in [0.1, 0.15) is 5.60 Å². The summed E-state index contributed by atoms with van der Waals surface area (Å²) in [5.41, 5.74) is -2.28. The first-order valence-corrected chi connectivity index (χ1v) is 9.38. The van der Waals surface area contributed by atoms with Crippen LogP contribution in [-0.4, -0.2) is 21.4 Å². The molecule has 2 saturated carbocycles. The van der Waals surface area contributed by atoms with Gasteiger partial charge in [0.25, 0.3) is 0 Å². The second kappa shape index (κ2) is 6.37. The first-order valence-electron chi connectivity index (χ1n) is 9.38. The monoisotopic (exact) mass is 320 g/mol. The molecule has 0 aliphatic heterocycles. The standard InChI is InChI=1S/C21H36O2/c1-6-8-9-10-11-12-15-21(23)19(5)16-13-17(18(19,3)4)20(21,22)14-7-2/h6-7,17,22-23H,1-2,8-16H2,3-5H3/t17-,19-,20-,21-/m0/s1. The van der Waals surface area contributed by atoms with Gasteiger partial charge in [0.15, 0.2) is 0 Å². The Balaban J connectivity index is 2.16. The fraction of sp³-hybridized carbons (Fsp3) is 0.810. The Bertz CT molecular complexity index is 455. The molecule has 2 aliphatic carbocycles. The second-order valence-corrected chi connectivity index (χ2v) is 8.66. The number of hydrogen-bond donors (Lipinski definition) is 2. The normalized spacial score (nSPS) is 41.2. The molecule has 0 unspecified atom stereocenters.